The Morgan fingerprint density at radius 1 is 1.30 bits per heavy atom. The molecule has 1 aliphatic heterocycles. The quantitative estimate of drug-likeness (QED) is 0.200. The van der Waals surface area contributed by atoms with E-state index in [0.29, 0.717) is 44.6 Å². The van der Waals surface area contributed by atoms with Crippen LogP contribution in [0, 0.1) is 5.92 Å². The summed E-state index contributed by atoms with van der Waals surface area (Å²) in [5.74, 6) is 1.60. The Morgan fingerprint density at radius 3 is 2.77 bits per heavy atom. The minimum atomic E-state index is -2.89. The van der Waals surface area contributed by atoms with E-state index in [9.17, 15) is 8.78 Å². The summed E-state index contributed by atoms with van der Waals surface area (Å²) >= 11 is 0. The maximum atomic E-state index is 12.5. The maximum Gasteiger partial charge on any atom is 0.387 e. The number of hydrogen-bond acceptors (Lipinski definition) is 5. The molecule has 0 bridgehead atoms. The largest absolute Gasteiger partial charge is 0.490 e. The molecule has 1 atom stereocenters. The van der Waals surface area contributed by atoms with Crippen molar-refractivity contribution in [3.63, 3.8) is 0 Å². The van der Waals surface area contributed by atoms with Crippen LogP contribution in [0.2, 0.25) is 0 Å². The fraction of sp³-hybridized carbons (Fsp3) is 0.650. The molecule has 1 aromatic carbocycles. The highest BCUT2D eigenvalue weighted by Gasteiger charge is 2.25. The van der Waals surface area contributed by atoms with Crippen LogP contribution in [0.1, 0.15) is 18.9 Å². The fourth-order valence-corrected chi connectivity index (χ4v) is 3.19. The lowest BCUT2D eigenvalue weighted by molar-refractivity contribution is -0.0514. The van der Waals surface area contributed by atoms with Crippen LogP contribution in [0.5, 0.6) is 11.5 Å². The van der Waals surface area contributed by atoms with E-state index in [2.05, 4.69) is 19.9 Å². The second-order valence-electron chi connectivity index (χ2n) is 6.66. The Kier molecular flexibility index (Phi) is 12.9. The molecular weight excluding hydrogens is 511 g/mol. The number of rotatable bonds is 11. The van der Waals surface area contributed by atoms with E-state index in [4.69, 9.17) is 14.2 Å². The second kappa shape index (κ2) is 14.6. The third kappa shape index (κ3) is 8.76. The minimum absolute atomic E-state index is 0. The SMILES string of the molecule is CCOc1cc(CNC(=NC)N2CCC(COCCOC)C2)ccc1OC(F)F.I. The van der Waals surface area contributed by atoms with E-state index < -0.39 is 6.61 Å². The molecule has 1 saturated heterocycles. The monoisotopic (exact) mass is 543 g/mol. The van der Waals surface area contributed by atoms with Crippen LogP contribution in [-0.4, -0.2) is 71.1 Å². The number of halogens is 3. The standard InChI is InChI=1S/C20H31F2N3O4.HI/c1-4-28-18-11-15(5-6-17(18)29-19(21)22)12-24-20(23-2)25-8-7-16(13-25)14-27-10-9-26-3;/h5-6,11,16,19H,4,7-10,12-14H2,1-3H3,(H,23,24);1H. The van der Waals surface area contributed by atoms with Gasteiger partial charge in [-0.15, -0.1) is 24.0 Å². The molecule has 1 fully saturated rings. The Hall–Kier alpha value is -1.40. The molecule has 172 valence electrons. The summed E-state index contributed by atoms with van der Waals surface area (Å²) in [4.78, 5) is 6.56. The highest BCUT2D eigenvalue weighted by molar-refractivity contribution is 14.0. The molecule has 1 heterocycles. The molecule has 1 aromatic rings. The molecule has 0 aliphatic carbocycles. The Morgan fingerprint density at radius 2 is 2.10 bits per heavy atom. The number of nitrogens with one attached hydrogen (secondary N) is 1. The molecule has 30 heavy (non-hydrogen) atoms. The predicted octanol–water partition coefficient (Wildman–Crippen LogP) is 3.37. The zero-order chi connectivity index (χ0) is 21.1. The van der Waals surface area contributed by atoms with Crippen LogP contribution in [-0.2, 0) is 16.0 Å². The van der Waals surface area contributed by atoms with Gasteiger partial charge in [-0.3, -0.25) is 4.99 Å². The van der Waals surface area contributed by atoms with Crippen LogP contribution < -0.4 is 14.8 Å². The molecule has 7 nitrogen and oxygen atoms in total. The van der Waals surface area contributed by atoms with Gasteiger partial charge in [0.25, 0.3) is 0 Å². The molecule has 2 rings (SSSR count). The Bertz CT molecular complexity index is 652. The van der Waals surface area contributed by atoms with Gasteiger partial charge in [0.2, 0.25) is 0 Å². The van der Waals surface area contributed by atoms with E-state index in [0.717, 1.165) is 31.0 Å². The molecule has 10 heteroatoms. The average Bonchev–Trinajstić information content (AvgIpc) is 3.16. The first-order chi connectivity index (χ1) is 14.1. The van der Waals surface area contributed by atoms with Crippen molar-refractivity contribution in [2.24, 2.45) is 10.9 Å². The van der Waals surface area contributed by atoms with Crippen LogP contribution in [0.3, 0.4) is 0 Å². The molecule has 0 amide bonds. The van der Waals surface area contributed by atoms with Crippen molar-refractivity contribution in [3.05, 3.63) is 23.8 Å². The third-order valence-corrected chi connectivity index (χ3v) is 4.56. The summed E-state index contributed by atoms with van der Waals surface area (Å²) in [6.45, 7) is 3.45. The molecule has 0 aromatic heterocycles. The highest BCUT2D eigenvalue weighted by atomic mass is 127. The van der Waals surface area contributed by atoms with Crippen molar-refractivity contribution < 1.29 is 27.7 Å². The summed E-state index contributed by atoms with van der Waals surface area (Å²) in [6, 6.07) is 4.94. The number of methoxy groups -OCH3 is 1. The molecule has 0 saturated carbocycles. The number of nitrogens with zero attached hydrogens (tertiary/aromatic N) is 2. The Balaban J connectivity index is 0.00000450. The van der Waals surface area contributed by atoms with E-state index in [1.807, 2.05) is 0 Å². The summed E-state index contributed by atoms with van der Waals surface area (Å²) in [7, 11) is 3.41. The van der Waals surface area contributed by atoms with Crippen LogP contribution >= 0.6 is 24.0 Å². The summed E-state index contributed by atoms with van der Waals surface area (Å²) in [6.07, 6.45) is 1.04. The summed E-state index contributed by atoms with van der Waals surface area (Å²) < 4.78 is 45.6. The number of hydrogen-bond donors (Lipinski definition) is 1. The summed E-state index contributed by atoms with van der Waals surface area (Å²) in [5.41, 5.74) is 0.884. The molecule has 0 radical (unpaired) electrons. The molecule has 1 N–H and O–H groups in total. The number of alkyl halides is 2. The summed E-state index contributed by atoms with van der Waals surface area (Å²) in [5, 5.41) is 3.32. The van der Waals surface area contributed by atoms with E-state index in [-0.39, 0.29) is 29.7 Å². The van der Waals surface area contributed by atoms with Crippen LogP contribution in [0.4, 0.5) is 8.78 Å². The topological polar surface area (TPSA) is 64.6 Å². The molecule has 1 aliphatic rings. The highest BCUT2D eigenvalue weighted by Crippen LogP contribution is 2.30. The third-order valence-electron chi connectivity index (χ3n) is 4.56. The molecular formula is C20H32F2IN3O4. The van der Waals surface area contributed by atoms with Gasteiger partial charge in [-0.25, -0.2) is 0 Å². The maximum absolute atomic E-state index is 12.5. The minimum Gasteiger partial charge on any atom is -0.490 e. The van der Waals surface area contributed by atoms with Crippen molar-refractivity contribution in [1.82, 2.24) is 10.2 Å². The van der Waals surface area contributed by atoms with Gasteiger partial charge in [0, 0.05) is 39.7 Å². The Labute approximate surface area is 194 Å². The number of ether oxygens (including phenoxy) is 4. The average molecular weight is 543 g/mol. The van der Waals surface area contributed by atoms with Gasteiger partial charge < -0.3 is 29.2 Å². The van der Waals surface area contributed by atoms with Gasteiger partial charge in [-0.2, -0.15) is 8.78 Å². The van der Waals surface area contributed by atoms with Gasteiger partial charge in [0.1, 0.15) is 0 Å². The van der Waals surface area contributed by atoms with Crippen molar-refractivity contribution >= 4 is 29.9 Å². The van der Waals surface area contributed by atoms with Gasteiger partial charge >= 0.3 is 6.61 Å². The van der Waals surface area contributed by atoms with Crippen LogP contribution in [0.15, 0.2) is 23.2 Å². The van der Waals surface area contributed by atoms with Crippen LogP contribution in [0.25, 0.3) is 0 Å². The van der Waals surface area contributed by atoms with Crippen molar-refractivity contribution in [2.45, 2.75) is 26.5 Å². The lowest BCUT2D eigenvalue weighted by Crippen LogP contribution is -2.39. The normalized spacial score (nSPS) is 16.5. The van der Waals surface area contributed by atoms with E-state index >= 15 is 0 Å². The molecule has 1 unspecified atom stereocenters. The van der Waals surface area contributed by atoms with Crippen molar-refractivity contribution in [3.8, 4) is 11.5 Å². The zero-order valence-corrected chi connectivity index (χ0v) is 20.1. The molecule has 0 spiro atoms. The number of guanidine groups is 1. The van der Waals surface area contributed by atoms with Gasteiger partial charge in [-0.1, -0.05) is 6.07 Å². The van der Waals surface area contributed by atoms with Crippen molar-refractivity contribution in [2.75, 3.05) is 53.7 Å². The fourth-order valence-electron chi connectivity index (χ4n) is 3.19. The number of benzene rings is 1. The lowest BCUT2D eigenvalue weighted by atomic mass is 10.1. The van der Waals surface area contributed by atoms with Crippen molar-refractivity contribution in [1.29, 1.82) is 0 Å². The first-order valence-corrected chi connectivity index (χ1v) is 9.80. The number of aliphatic imine (C=N–C) groups is 1. The predicted molar refractivity (Wildman–Crippen MR) is 122 cm³/mol. The second-order valence-corrected chi connectivity index (χ2v) is 6.66. The van der Waals surface area contributed by atoms with E-state index in [1.165, 1.54) is 6.07 Å². The van der Waals surface area contributed by atoms with Gasteiger partial charge in [-0.05, 0) is 31.0 Å². The zero-order valence-electron chi connectivity index (χ0n) is 17.7. The van der Waals surface area contributed by atoms with E-state index in [1.54, 1.807) is 33.2 Å². The lowest BCUT2D eigenvalue weighted by Gasteiger charge is -2.22. The first kappa shape index (κ1) is 26.6. The first-order valence-electron chi connectivity index (χ1n) is 9.80. The van der Waals surface area contributed by atoms with Gasteiger partial charge in [0.05, 0.1) is 26.4 Å². The smallest absolute Gasteiger partial charge is 0.387 e. The van der Waals surface area contributed by atoms with Gasteiger partial charge in [0.15, 0.2) is 17.5 Å². The number of likely N-dealkylation sites (tertiary alicyclic amines) is 1.